The van der Waals surface area contributed by atoms with Gasteiger partial charge in [0.2, 0.25) is 13.1 Å². The van der Waals surface area contributed by atoms with Crippen LogP contribution in [0.15, 0.2) is 124 Å². The molecule has 6 unspecified atom stereocenters. The first-order valence-electron chi connectivity index (χ1n) is 28.0. The van der Waals surface area contributed by atoms with Crippen molar-refractivity contribution in [3.8, 4) is 17.2 Å². The van der Waals surface area contributed by atoms with Crippen LogP contribution in [0.1, 0.15) is 52.6 Å². The smallest absolute Gasteiger partial charge is 0.341 e. The second-order valence-electron chi connectivity index (χ2n) is 21.8. The Morgan fingerprint density at radius 1 is 0.533 bits per heavy atom. The molecule has 6 aliphatic rings. The van der Waals surface area contributed by atoms with Crippen LogP contribution in [0.5, 0.6) is 17.2 Å². The molecular weight excluding hydrogens is 1290 g/mol. The molecule has 32 heteroatoms. The van der Waals surface area contributed by atoms with E-state index in [0.29, 0.717) is 29.0 Å². The Labute approximate surface area is 531 Å². The first-order chi connectivity index (χ1) is 43.8. The van der Waals surface area contributed by atoms with Crippen molar-refractivity contribution in [2.75, 3.05) is 67.6 Å². The number of nitrogens with two attached hydrogens (primary N) is 1. The summed E-state index contributed by atoms with van der Waals surface area (Å²) in [5.74, 6) is -6.14. The number of urea groups is 2. The van der Waals surface area contributed by atoms with Crippen LogP contribution >= 0.6 is 35.3 Å². The van der Waals surface area contributed by atoms with E-state index in [1.54, 1.807) is 14.1 Å². The minimum atomic E-state index is -1.47. The Morgan fingerprint density at radius 2 is 0.880 bits per heavy atom. The topological polar surface area (TPSA) is 236 Å². The van der Waals surface area contributed by atoms with E-state index in [9.17, 15) is 69.3 Å². The maximum absolute atomic E-state index is 14.6. The number of ether oxygens (including phenoxy) is 3. The minimum Gasteiger partial charge on any atom is -0.493 e. The lowest BCUT2D eigenvalue weighted by atomic mass is 9.86. The summed E-state index contributed by atoms with van der Waals surface area (Å²) in [4.78, 5) is 46.2. The number of hydrazone groups is 3. The predicted octanol–water partition coefficient (Wildman–Crippen LogP) is 11.4. The molecule has 20 nitrogen and oxygen atoms in total. The molecule has 3 N–H and O–H groups in total. The van der Waals surface area contributed by atoms with Crippen LogP contribution in [0.4, 0.5) is 49.1 Å². The van der Waals surface area contributed by atoms with E-state index in [1.165, 1.54) is 83.5 Å². The SMILES string of the molecule is CN(C)C(=O)N1N=C(c2cc(F)ccc2F)SC12c1cc(F)ccc1OCC2CCN.CN(C)C(=O)N1N=C(c2cc(F)ccc2F)SC12c1cc(F)ccc1OCC2CC[N+](=O)[O-].O=[N+]([O-])CCC1COc2ccc(F)cc2C12NN=C(c1cc(F)ccc1F)S2. The van der Waals surface area contributed by atoms with Crippen LogP contribution in [0, 0.1) is 90.3 Å². The van der Waals surface area contributed by atoms with Gasteiger partial charge in [-0.2, -0.15) is 25.3 Å². The third-order valence-corrected chi connectivity index (χ3v) is 20.1. The molecule has 6 heterocycles. The molecule has 0 bridgehead atoms. The summed E-state index contributed by atoms with van der Waals surface area (Å²) in [7, 11) is 6.07. The van der Waals surface area contributed by atoms with Gasteiger partial charge in [-0.05, 0) is 122 Å². The molecule has 0 radical (unpaired) electrons. The van der Waals surface area contributed by atoms with E-state index < -0.39 is 107 Å². The summed E-state index contributed by atoms with van der Waals surface area (Å²) < 4.78 is 145. The molecule has 6 atom stereocenters. The number of amides is 4. The van der Waals surface area contributed by atoms with E-state index >= 15 is 0 Å². The van der Waals surface area contributed by atoms with Gasteiger partial charge in [-0.15, -0.1) is 0 Å². The maximum Gasteiger partial charge on any atom is 0.341 e. The van der Waals surface area contributed by atoms with Crippen LogP contribution in [0.2, 0.25) is 0 Å². The molecule has 12 rings (SSSR count). The fourth-order valence-corrected chi connectivity index (χ4v) is 15.6. The number of rotatable bonds is 11. The Kier molecular flexibility index (Phi) is 19.3. The van der Waals surface area contributed by atoms with E-state index in [0.717, 1.165) is 94.9 Å². The third-order valence-electron chi connectivity index (χ3n) is 15.5. The molecule has 0 saturated carbocycles. The Bertz CT molecular complexity index is 4010. The van der Waals surface area contributed by atoms with Gasteiger partial charge in [-0.3, -0.25) is 25.7 Å². The number of fused-ring (bicyclic) bond motifs is 6. The first-order valence-corrected chi connectivity index (χ1v) is 30.5. The second-order valence-corrected chi connectivity index (χ2v) is 25.5. The molecule has 6 aromatic carbocycles. The largest absolute Gasteiger partial charge is 0.493 e. The van der Waals surface area contributed by atoms with Crippen molar-refractivity contribution in [1.29, 1.82) is 0 Å². The molecule has 0 saturated heterocycles. The van der Waals surface area contributed by atoms with Crippen LogP contribution in [-0.4, -0.2) is 125 Å². The molecule has 0 fully saturated rings. The van der Waals surface area contributed by atoms with Crippen molar-refractivity contribution >= 4 is 62.5 Å². The number of thioether (sulfide) groups is 3. The average molecular weight is 1340 g/mol. The van der Waals surface area contributed by atoms with Gasteiger partial charge < -0.3 is 29.7 Å². The van der Waals surface area contributed by atoms with Crippen molar-refractivity contribution in [2.45, 2.75) is 33.9 Å². The molecule has 0 aromatic heterocycles. The van der Waals surface area contributed by atoms with Gasteiger partial charge in [0.25, 0.3) is 0 Å². The van der Waals surface area contributed by atoms with Crippen molar-refractivity contribution in [1.82, 2.24) is 25.2 Å². The number of benzene rings is 6. The molecule has 6 aromatic rings. The molecule has 484 valence electrons. The second kappa shape index (κ2) is 26.8. The van der Waals surface area contributed by atoms with Gasteiger partial charge in [-0.25, -0.2) is 49.1 Å². The zero-order valence-electron chi connectivity index (χ0n) is 48.9. The number of nitro groups is 2. The fourth-order valence-electron chi connectivity index (χ4n) is 11.2. The highest BCUT2D eigenvalue weighted by Crippen LogP contribution is 2.60. The number of halogens is 9. The number of nitrogens with zero attached hydrogens (tertiary/aromatic N) is 9. The highest BCUT2D eigenvalue weighted by atomic mass is 32.2. The van der Waals surface area contributed by atoms with E-state index in [-0.39, 0.29) is 94.8 Å². The van der Waals surface area contributed by atoms with E-state index in [2.05, 4.69) is 20.7 Å². The summed E-state index contributed by atoms with van der Waals surface area (Å²) in [6, 6.07) is 19.6. The van der Waals surface area contributed by atoms with Gasteiger partial charge in [-0.1, -0.05) is 35.3 Å². The van der Waals surface area contributed by atoms with Crippen molar-refractivity contribution in [3.63, 3.8) is 0 Å². The Hall–Kier alpha value is -8.75. The lowest BCUT2D eigenvalue weighted by molar-refractivity contribution is -0.482. The van der Waals surface area contributed by atoms with Gasteiger partial charge in [0.15, 0.2) is 9.74 Å². The van der Waals surface area contributed by atoms with Crippen LogP contribution < -0.4 is 25.4 Å². The quantitative estimate of drug-likeness (QED) is 0.0697. The number of hydrogen-bond acceptors (Lipinski definition) is 17. The molecule has 4 amide bonds. The lowest BCUT2D eigenvalue weighted by Gasteiger charge is -2.45. The van der Waals surface area contributed by atoms with Crippen molar-refractivity contribution < 1.29 is 73.2 Å². The van der Waals surface area contributed by atoms with Crippen LogP contribution in [-0.2, 0) is 14.6 Å². The maximum atomic E-state index is 14.6. The summed E-state index contributed by atoms with van der Waals surface area (Å²) in [6.07, 6.45) is 0.549. The zero-order valence-corrected chi connectivity index (χ0v) is 51.3. The van der Waals surface area contributed by atoms with Gasteiger partial charge in [0, 0.05) is 102 Å². The van der Waals surface area contributed by atoms with Crippen molar-refractivity contribution in [2.24, 2.45) is 38.8 Å². The normalized spacial score (nSPS) is 22.2. The van der Waals surface area contributed by atoms with E-state index in [4.69, 9.17) is 19.9 Å². The first kappa shape index (κ1) is 66.2. The van der Waals surface area contributed by atoms with Gasteiger partial charge >= 0.3 is 12.1 Å². The highest BCUT2D eigenvalue weighted by Gasteiger charge is 2.60. The van der Waals surface area contributed by atoms with Gasteiger partial charge in [0.05, 0.1) is 19.8 Å². The average Bonchev–Trinajstić information content (AvgIpc) is 1.51. The van der Waals surface area contributed by atoms with Crippen molar-refractivity contribution in [3.05, 3.63) is 215 Å². The monoisotopic (exact) mass is 1340 g/mol. The van der Waals surface area contributed by atoms with Gasteiger partial charge in [0.1, 0.15) is 89.6 Å². The molecule has 3 spiro atoms. The molecular formula is C60H54F9N11O9S3. The fraction of sp³-hybridized carbons (Fsp3) is 0.317. The van der Waals surface area contributed by atoms with E-state index in [1.807, 2.05) is 0 Å². The summed E-state index contributed by atoms with van der Waals surface area (Å²) in [5, 5.41) is 37.5. The Balaban J connectivity index is 0.000000152. The van der Waals surface area contributed by atoms with Crippen LogP contribution in [0.25, 0.3) is 0 Å². The number of nitrogens with one attached hydrogen (secondary N) is 1. The molecule has 0 aliphatic carbocycles. The zero-order chi connectivity index (χ0) is 66.1. The third kappa shape index (κ3) is 12.8. The summed E-state index contributed by atoms with van der Waals surface area (Å²) in [6.45, 7) is -0.143. The Morgan fingerprint density at radius 3 is 1.28 bits per heavy atom. The number of carbonyl (C=O) groups excluding carboxylic acids is 2. The minimum absolute atomic E-state index is 0.00888. The summed E-state index contributed by atoms with van der Waals surface area (Å²) in [5.41, 5.74) is 9.52. The number of hydrogen-bond donors (Lipinski definition) is 2. The lowest BCUT2D eigenvalue weighted by Crippen LogP contribution is -2.53. The predicted molar refractivity (Wildman–Crippen MR) is 324 cm³/mol. The van der Waals surface area contributed by atoms with Crippen LogP contribution in [0.3, 0.4) is 0 Å². The number of carbonyl (C=O) groups is 2. The highest BCUT2D eigenvalue weighted by molar-refractivity contribution is 8.16. The summed E-state index contributed by atoms with van der Waals surface area (Å²) >= 11 is 3.09. The molecule has 6 aliphatic heterocycles. The standard InChI is InChI=1S/C21H19F3N4O4S.C21H21F3N4O2S.C18H14F3N3O3S/c1-26(2)20(29)28-21(33-19(25-28)15-9-13(22)3-5-17(15)24)12(7-8-27(30)31)11-32-18-6-4-14(23)10-16(18)21;1-27(2)20(29)28-21(31-19(26-28)15-9-13(22)3-5-17(15)24)12(7-8-25)11-30-18-6-4-14(23)10-16(18)21;19-11-1-3-15(21)13(7-11)17-22-23-18(28-17)10(5-6-24(25)26)9-27-16-4-2-12(20)8-14(16)18/h3-6,9-10,12H,7-8,11H2,1-2H3;3-6,9-10,12H,7-8,11,25H2,1-2H3;1-4,7-8,10,23H,5-6,9H2. The molecule has 92 heavy (non-hydrogen) atoms.